The van der Waals surface area contributed by atoms with Crippen molar-refractivity contribution in [3.05, 3.63) is 35.4 Å². The fraction of sp³-hybridized carbons (Fsp3) is 0.500. The lowest BCUT2D eigenvalue weighted by atomic mass is 10.0. The number of hydrogen-bond acceptors (Lipinski definition) is 3. The van der Waals surface area contributed by atoms with Crippen LogP contribution in [0.2, 0.25) is 0 Å². The summed E-state index contributed by atoms with van der Waals surface area (Å²) in [4.78, 5) is 24.7. The molecule has 1 amide bonds. The SMILES string of the molecule is CN(CCc1ccccc1C(=O)O)C(=O)CNCC1CC1. The molecule has 2 rings (SSSR count). The van der Waals surface area contributed by atoms with Crippen LogP contribution in [0, 0.1) is 5.92 Å². The number of nitrogens with one attached hydrogen (secondary N) is 1. The molecule has 0 aliphatic heterocycles. The number of hydrogen-bond donors (Lipinski definition) is 2. The first-order valence-electron chi connectivity index (χ1n) is 7.34. The van der Waals surface area contributed by atoms with Crippen molar-refractivity contribution in [2.75, 3.05) is 26.7 Å². The van der Waals surface area contributed by atoms with E-state index >= 15 is 0 Å². The summed E-state index contributed by atoms with van der Waals surface area (Å²) in [6, 6.07) is 6.92. The van der Waals surface area contributed by atoms with Gasteiger partial charge in [0, 0.05) is 13.6 Å². The van der Waals surface area contributed by atoms with Gasteiger partial charge in [0.2, 0.25) is 5.91 Å². The highest BCUT2D eigenvalue weighted by Crippen LogP contribution is 2.27. The van der Waals surface area contributed by atoms with Crippen LogP contribution in [0.5, 0.6) is 0 Å². The topological polar surface area (TPSA) is 69.6 Å². The number of aromatic carboxylic acids is 1. The lowest BCUT2D eigenvalue weighted by Gasteiger charge is -2.18. The van der Waals surface area contributed by atoms with Crippen molar-refractivity contribution in [1.82, 2.24) is 10.2 Å². The van der Waals surface area contributed by atoms with Gasteiger partial charge in [-0.05, 0) is 43.4 Å². The van der Waals surface area contributed by atoms with Crippen molar-refractivity contribution >= 4 is 11.9 Å². The summed E-state index contributed by atoms with van der Waals surface area (Å²) < 4.78 is 0. The van der Waals surface area contributed by atoms with Crippen LogP contribution in [0.15, 0.2) is 24.3 Å². The molecule has 0 bridgehead atoms. The number of benzene rings is 1. The molecule has 1 aliphatic rings. The molecule has 1 aromatic rings. The number of nitrogens with zero attached hydrogens (tertiary/aromatic N) is 1. The van der Waals surface area contributed by atoms with E-state index in [1.165, 1.54) is 12.8 Å². The number of amides is 1. The Morgan fingerprint density at radius 1 is 1.33 bits per heavy atom. The molecule has 1 saturated carbocycles. The maximum atomic E-state index is 11.9. The summed E-state index contributed by atoms with van der Waals surface area (Å²) >= 11 is 0. The molecule has 114 valence electrons. The molecule has 0 atom stereocenters. The maximum absolute atomic E-state index is 11.9. The highest BCUT2D eigenvalue weighted by molar-refractivity contribution is 5.89. The minimum atomic E-state index is -0.925. The molecular formula is C16H22N2O3. The van der Waals surface area contributed by atoms with Crippen LogP contribution in [0.25, 0.3) is 0 Å². The highest BCUT2D eigenvalue weighted by Gasteiger charge is 2.21. The minimum absolute atomic E-state index is 0.0449. The first-order valence-corrected chi connectivity index (χ1v) is 7.34. The molecule has 5 heteroatoms. The third-order valence-electron chi connectivity index (χ3n) is 3.80. The van der Waals surface area contributed by atoms with Gasteiger partial charge in [-0.3, -0.25) is 4.79 Å². The predicted octanol–water partition coefficient (Wildman–Crippen LogP) is 1.39. The zero-order chi connectivity index (χ0) is 15.2. The number of carboxylic acid groups (broad SMARTS) is 1. The van der Waals surface area contributed by atoms with E-state index in [0.717, 1.165) is 18.0 Å². The molecule has 0 heterocycles. The van der Waals surface area contributed by atoms with E-state index in [0.29, 0.717) is 25.1 Å². The minimum Gasteiger partial charge on any atom is -0.478 e. The normalized spacial score (nSPS) is 14.0. The van der Waals surface area contributed by atoms with Gasteiger partial charge in [0.25, 0.3) is 0 Å². The van der Waals surface area contributed by atoms with Crippen LogP contribution in [-0.2, 0) is 11.2 Å². The Morgan fingerprint density at radius 2 is 2.05 bits per heavy atom. The van der Waals surface area contributed by atoms with E-state index in [4.69, 9.17) is 5.11 Å². The van der Waals surface area contributed by atoms with Crippen molar-refractivity contribution in [3.8, 4) is 0 Å². The molecule has 2 N–H and O–H groups in total. The average molecular weight is 290 g/mol. The lowest BCUT2D eigenvalue weighted by molar-refractivity contribution is -0.128. The van der Waals surface area contributed by atoms with Crippen molar-refractivity contribution in [3.63, 3.8) is 0 Å². The summed E-state index contributed by atoms with van der Waals surface area (Å²) in [5.74, 6) is -0.125. The Balaban J connectivity index is 1.78. The van der Waals surface area contributed by atoms with Crippen LogP contribution in [0.4, 0.5) is 0 Å². The number of rotatable bonds is 8. The van der Waals surface area contributed by atoms with Crippen LogP contribution < -0.4 is 5.32 Å². The summed E-state index contributed by atoms with van der Waals surface area (Å²) in [5, 5.41) is 12.3. The number of likely N-dealkylation sites (N-methyl/N-ethyl adjacent to an activating group) is 1. The Morgan fingerprint density at radius 3 is 2.71 bits per heavy atom. The Labute approximate surface area is 125 Å². The first-order chi connectivity index (χ1) is 10.1. The fourth-order valence-corrected chi connectivity index (χ4v) is 2.20. The van der Waals surface area contributed by atoms with Crippen LogP contribution in [0.1, 0.15) is 28.8 Å². The Bertz CT molecular complexity index is 512. The molecule has 0 spiro atoms. The highest BCUT2D eigenvalue weighted by atomic mass is 16.4. The van der Waals surface area contributed by atoms with E-state index in [2.05, 4.69) is 5.32 Å². The van der Waals surface area contributed by atoms with Gasteiger partial charge < -0.3 is 15.3 Å². The van der Waals surface area contributed by atoms with Crippen molar-refractivity contribution < 1.29 is 14.7 Å². The monoisotopic (exact) mass is 290 g/mol. The van der Waals surface area contributed by atoms with Crippen LogP contribution >= 0.6 is 0 Å². The molecule has 1 aliphatic carbocycles. The van der Waals surface area contributed by atoms with Crippen LogP contribution in [-0.4, -0.2) is 48.6 Å². The smallest absolute Gasteiger partial charge is 0.335 e. The molecule has 0 unspecified atom stereocenters. The van der Waals surface area contributed by atoms with Crippen molar-refractivity contribution in [2.45, 2.75) is 19.3 Å². The van der Waals surface area contributed by atoms with Gasteiger partial charge in [-0.25, -0.2) is 4.79 Å². The quantitative estimate of drug-likeness (QED) is 0.759. The van der Waals surface area contributed by atoms with E-state index in [1.807, 2.05) is 6.07 Å². The third kappa shape index (κ3) is 4.86. The lowest BCUT2D eigenvalue weighted by Crippen LogP contribution is -2.37. The summed E-state index contributed by atoms with van der Waals surface area (Å²) in [7, 11) is 1.75. The predicted molar refractivity (Wildman–Crippen MR) is 80.3 cm³/mol. The van der Waals surface area contributed by atoms with Crippen molar-refractivity contribution in [1.29, 1.82) is 0 Å². The number of carbonyl (C=O) groups excluding carboxylic acids is 1. The van der Waals surface area contributed by atoms with Gasteiger partial charge in [-0.2, -0.15) is 0 Å². The molecular weight excluding hydrogens is 268 g/mol. The van der Waals surface area contributed by atoms with E-state index in [1.54, 1.807) is 30.1 Å². The third-order valence-corrected chi connectivity index (χ3v) is 3.80. The van der Waals surface area contributed by atoms with E-state index in [9.17, 15) is 9.59 Å². The standard InChI is InChI=1S/C16H22N2O3/c1-18(15(19)11-17-10-12-6-7-12)9-8-13-4-2-3-5-14(13)16(20)21/h2-5,12,17H,6-11H2,1H3,(H,20,21). The van der Waals surface area contributed by atoms with E-state index < -0.39 is 5.97 Å². The zero-order valence-electron chi connectivity index (χ0n) is 12.3. The summed E-state index contributed by atoms with van der Waals surface area (Å²) in [6.07, 6.45) is 3.08. The van der Waals surface area contributed by atoms with Gasteiger partial charge in [0.05, 0.1) is 12.1 Å². The fourth-order valence-electron chi connectivity index (χ4n) is 2.20. The van der Waals surface area contributed by atoms with Gasteiger partial charge in [-0.15, -0.1) is 0 Å². The molecule has 1 aromatic carbocycles. The van der Waals surface area contributed by atoms with Crippen LogP contribution in [0.3, 0.4) is 0 Å². The second-order valence-corrected chi connectivity index (χ2v) is 5.60. The molecule has 0 radical (unpaired) electrons. The molecule has 1 fully saturated rings. The van der Waals surface area contributed by atoms with E-state index in [-0.39, 0.29) is 5.91 Å². The molecule has 5 nitrogen and oxygen atoms in total. The number of carbonyl (C=O) groups is 2. The second-order valence-electron chi connectivity index (χ2n) is 5.60. The Kier molecular flexibility index (Phi) is 5.33. The van der Waals surface area contributed by atoms with Gasteiger partial charge in [0.1, 0.15) is 0 Å². The average Bonchev–Trinajstić information content (AvgIpc) is 3.29. The Hall–Kier alpha value is -1.88. The molecule has 0 saturated heterocycles. The maximum Gasteiger partial charge on any atom is 0.335 e. The van der Waals surface area contributed by atoms with Crippen molar-refractivity contribution in [2.24, 2.45) is 5.92 Å². The van der Waals surface area contributed by atoms with Gasteiger partial charge in [-0.1, -0.05) is 18.2 Å². The first kappa shape index (κ1) is 15.5. The van der Waals surface area contributed by atoms with Gasteiger partial charge >= 0.3 is 5.97 Å². The molecule has 21 heavy (non-hydrogen) atoms. The summed E-state index contributed by atoms with van der Waals surface area (Å²) in [5.41, 5.74) is 1.07. The molecule has 0 aromatic heterocycles. The second kappa shape index (κ2) is 7.22. The van der Waals surface area contributed by atoms with Gasteiger partial charge in [0.15, 0.2) is 0 Å². The zero-order valence-corrected chi connectivity index (χ0v) is 12.3. The number of carboxylic acids is 1. The summed E-state index contributed by atoms with van der Waals surface area (Å²) in [6.45, 7) is 1.79. The largest absolute Gasteiger partial charge is 0.478 e.